The topological polar surface area (TPSA) is 114 Å². The van der Waals surface area contributed by atoms with E-state index < -0.39 is 11.6 Å². The van der Waals surface area contributed by atoms with Crippen LogP contribution >= 0.6 is 0 Å². The number of nitrogens with zero attached hydrogens (tertiary/aromatic N) is 4. The van der Waals surface area contributed by atoms with Gasteiger partial charge in [-0.1, -0.05) is 18.2 Å². The molecule has 2 heterocycles. The van der Waals surface area contributed by atoms with Crippen molar-refractivity contribution in [3.05, 3.63) is 53.6 Å². The van der Waals surface area contributed by atoms with Crippen LogP contribution in [-0.2, 0) is 6.54 Å². The van der Waals surface area contributed by atoms with Crippen molar-refractivity contribution in [2.45, 2.75) is 13.5 Å². The lowest BCUT2D eigenvalue weighted by Gasteiger charge is -2.10. The molecular formula is C21H20F2N6O2. The van der Waals surface area contributed by atoms with Crippen LogP contribution < -0.4 is 20.9 Å². The van der Waals surface area contributed by atoms with Gasteiger partial charge < -0.3 is 20.9 Å². The molecule has 0 bridgehead atoms. The highest BCUT2D eigenvalue weighted by Crippen LogP contribution is 2.32. The molecule has 10 heteroatoms. The number of nitrogen functional groups attached to an aromatic ring is 2. The van der Waals surface area contributed by atoms with Crippen LogP contribution in [0.5, 0.6) is 11.5 Å². The van der Waals surface area contributed by atoms with Crippen molar-refractivity contribution in [1.82, 2.24) is 19.7 Å². The van der Waals surface area contributed by atoms with E-state index >= 15 is 0 Å². The molecule has 4 aromatic rings. The lowest BCUT2D eigenvalue weighted by atomic mass is 10.1. The third kappa shape index (κ3) is 3.67. The van der Waals surface area contributed by atoms with E-state index in [1.165, 1.54) is 11.8 Å². The van der Waals surface area contributed by atoms with Crippen LogP contribution in [0, 0.1) is 11.6 Å². The Morgan fingerprint density at radius 3 is 2.29 bits per heavy atom. The number of ether oxygens (including phenoxy) is 2. The van der Waals surface area contributed by atoms with E-state index in [-0.39, 0.29) is 41.1 Å². The van der Waals surface area contributed by atoms with E-state index in [9.17, 15) is 8.78 Å². The first-order valence-electron chi connectivity index (χ1n) is 9.46. The van der Waals surface area contributed by atoms with E-state index in [2.05, 4.69) is 15.1 Å². The molecule has 0 spiro atoms. The van der Waals surface area contributed by atoms with Gasteiger partial charge in [-0.15, -0.1) is 0 Å². The first-order chi connectivity index (χ1) is 14.9. The van der Waals surface area contributed by atoms with Crippen molar-refractivity contribution in [2.75, 3.05) is 25.2 Å². The first kappa shape index (κ1) is 20.3. The summed E-state index contributed by atoms with van der Waals surface area (Å²) in [5, 5.41) is 5.19. The zero-order chi connectivity index (χ0) is 22.1. The second-order valence-corrected chi connectivity index (χ2v) is 6.67. The molecule has 0 aliphatic carbocycles. The van der Waals surface area contributed by atoms with Crippen LogP contribution in [0.3, 0.4) is 0 Å². The van der Waals surface area contributed by atoms with E-state index in [0.29, 0.717) is 23.2 Å². The van der Waals surface area contributed by atoms with Gasteiger partial charge in [0.05, 0.1) is 25.8 Å². The summed E-state index contributed by atoms with van der Waals surface area (Å²) in [5.41, 5.74) is 12.7. The van der Waals surface area contributed by atoms with Gasteiger partial charge in [0.25, 0.3) is 0 Å². The predicted molar refractivity (Wildman–Crippen MR) is 113 cm³/mol. The number of rotatable bonds is 6. The molecule has 0 unspecified atom stereocenters. The Kier molecular flexibility index (Phi) is 5.28. The minimum atomic E-state index is -0.723. The fourth-order valence-corrected chi connectivity index (χ4v) is 3.34. The summed E-state index contributed by atoms with van der Waals surface area (Å²) >= 11 is 0. The molecule has 0 saturated heterocycles. The van der Waals surface area contributed by atoms with Gasteiger partial charge in [-0.25, -0.2) is 18.7 Å². The van der Waals surface area contributed by atoms with Gasteiger partial charge in [-0.3, -0.25) is 4.68 Å². The van der Waals surface area contributed by atoms with Gasteiger partial charge >= 0.3 is 0 Å². The molecule has 2 aromatic carbocycles. The van der Waals surface area contributed by atoms with Crippen molar-refractivity contribution in [2.24, 2.45) is 0 Å². The Morgan fingerprint density at radius 2 is 1.68 bits per heavy atom. The quantitative estimate of drug-likeness (QED) is 0.486. The number of benzene rings is 2. The summed E-state index contributed by atoms with van der Waals surface area (Å²) in [6, 6.07) is 9.51. The average molecular weight is 426 g/mol. The highest BCUT2D eigenvalue weighted by molar-refractivity contribution is 5.92. The SMILES string of the molecule is CCOc1cc(F)c(Cn2nc(-c3nc(N)c(OC)c(N)n3)c3ccccc32)c(F)c1. The number of anilines is 2. The van der Waals surface area contributed by atoms with Crippen molar-refractivity contribution in [1.29, 1.82) is 0 Å². The zero-order valence-corrected chi connectivity index (χ0v) is 16.9. The number of nitrogens with two attached hydrogens (primary N) is 2. The second-order valence-electron chi connectivity index (χ2n) is 6.67. The van der Waals surface area contributed by atoms with Crippen LogP contribution in [0.25, 0.3) is 22.4 Å². The van der Waals surface area contributed by atoms with Gasteiger partial charge in [-0.2, -0.15) is 5.10 Å². The molecule has 0 atom stereocenters. The maximum Gasteiger partial charge on any atom is 0.203 e. The Hall–Kier alpha value is -3.95. The predicted octanol–water partition coefficient (Wildman–Crippen LogP) is 3.39. The summed E-state index contributed by atoms with van der Waals surface area (Å²) in [6.07, 6.45) is 0. The molecule has 160 valence electrons. The molecule has 0 radical (unpaired) electrons. The van der Waals surface area contributed by atoms with Gasteiger partial charge in [0, 0.05) is 23.1 Å². The highest BCUT2D eigenvalue weighted by atomic mass is 19.1. The number of para-hydroxylation sites is 1. The third-order valence-electron chi connectivity index (χ3n) is 4.73. The van der Waals surface area contributed by atoms with Crippen molar-refractivity contribution in [3.63, 3.8) is 0 Å². The minimum absolute atomic E-state index is 0.0623. The fourth-order valence-electron chi connectivity index (χ4n) is 3.34. The van der Waals surface area contributed by atoms with Crippen LogP contribution in [0.15, 0.2) is 36.4 Å². The molecule has 31 heavy (non-hydrogen) atoms. The summed E-state index contributed by atoms with van der Waals surface area (Å²) in [7, 11) is 1.41. The van der Waals surface area contributed by atoms with E-state index in [4.69, 9.17) is 20.9 Å². The van der Waals surface area contributed by atoms with Crippen molar-refractivity contribution >= 4 is 22.5 Å². The van der Waals surface area contributed by atoms with E-state index in [1.54, 1.807) is 25.1 Å². The van der Waals surface area contributed by atoms with Crippen LogP contribution in [0.4, 0.5) is 20.4 Å². The summed E-state index contributed by atoms with van der Waals surface area (Å²) < 4.78 is 41.0. The Bertz CT molecular complexity index is 1230. The monoisotopic (exact) mass is 426 g/mol. The number of hydrogen-bond donors (Lipinski definition) is 2. The number of fused-ring (bicyclic) bond motifs is 1. The summed E-state index contributed by atoms with van der Waals surface area (Å²) in [5.74, 6) is -0.841. The Labute approximate surface area is 176 Å². The standard InChI is InChI=1S/C21H20F2N6O2/c1-3-31-11-8-14(22)13(15(23)9-11)10-29-16-7-5-4-6-12(16)17(28-29)21-26-19(24)18(30-2)20(25)27-21/h4-9H,3,10H2,1-2H3,(H4,24,25,26,27). The smallest absolute Gasteiger partial charge is 0.203 e. The van der Waals surface area contributed by atoms with Gasteiger partial charge in [0.2, 0.25) is 5.75 Å². The molecule has 2 aromatic heterocycles. The largest absolute Gasteiger partial charge is 0.494 e. The van der Waals surface area contributed by atoms with Crippen LogP contribution in [0.1, 0.15) is 12.5 Å². The number of hydrogen-bond acceptors (Lipinski definition) is 7. The average Bonchev–Trinajstić information content (AvgIpc) is 3.09. The van der Waals surface area contributed by atoms with Crippen LogP contribution in [0.2, 0.25) is 0 Å². The van der Waals surface area contributed by atoms with Gasteiger partial charge in [0.1, 0.15) is 23.1 Å². The number of methoxy groups -OCH3 is 1. The lowest BCUT2D eigenvalue weighted by Crippen LogP contribution is -2.08. The van der Waals surface area contributed by atoms with Gasteiger partial charge in [0.15, 0.2) is 17.5 Å². The Morgan fingerprint density at radius 1 is 1.03 bits per heavy atom. The first-order valence-corrected chi connectivity index (χ1v) is 9.46. The maximum atomic E-state index is 14.6. The lowest BCUT2D eigenvalue weighted by molar-refractivity contribution is 0.335. The van der Waals surface area contributed by atoms with E-state index in [0.717, 1.165) is 12.1 Å². The van der Waals surface area contributed by atoms with E-state index in [1.807, 2.05) is 6.07 Å². The Balaban J connectivity index is 1.82. The highest BCUT2D eigenvalue weighted by Gasteiger charge is 2.20. The molecule has 0 saturated carbocycles. The third-order valence-corrected chi connectivity index (χ3v) is 4.73. The van der Waals surface area contributed by atoms with Crippen molar-refractivity contribution in [3.8, 4) is 23.0 Å². The number of halogens is 2. The second kappa shape index (κ2) is 8.05. The normalized spacial score (nSPS) is 11.1. The fraction of sp³-hybridized carbons (Fsp3) is 0.190. The van der Waals surface area contributed by atoms with Crippen LogP contribution in [-0.4, -0.2) is 33.5 Å². The molecule has 4 N–H and O–H groups in total. The number of aromatic nitrogens is 4. The minimum Gasteiger partial charge on any atom is -0.494 e. The van der Waals surface area contributed by atoms with Crippen molar-refractivity contribution < 1.29 is 18.3 Å². The summed E-state index contributed by atoms with van der Waals surface area (Å²) in [6.45, 7) is 1.90. The molecule has 8 nitrogen and oxygen atoms in total. The summed E-state index contributed by atoms with van der Waals surface area (Å²) in [4.78, 5) is 8.47. The molecule has 4 rings (SSSR count). The molecule has 0 fully saturated rings. The zero-order valence-electron chi connectivity index (χ0n) is 16.9. The van der Waals surface area contributed by atoms with Gasteiger partial charge in [-0.05, 0) is 13.0 Å². The molecule has 0 amide bonds. The maximum absolute atomic E-state index is 14.6. The molecule has 0 aliphatic heterocycles. The molecular weight excluding hydrogens is 406 g/mol. The molecule has 0 aliphatic rings.